The molecular formula is C23H25N3O4. The Morgan fingerprint density at radius 3 is 2.57 bits per heavy atom. The second-order valence-electron chi connectivity index (χ2n) is 7.69. The average molecular weight is 407 g/mol. The van der Waals surface area contributed by atoms with Gasteiger partial charge in [0.05, 0.1) is 7.11 Å². The van der Waals surface area contributed by atoms with Gasteiger partial charge in [-0.1, -0.05) is 25.1 Å². The summed E-state index contributed by atoms with van der Waals surface area (Å²) in [5, 5.41) is 5.60. The first-order valence-electron chi connectivity index (χ1n) is 10.2. The first kappa shape index (κ1) is 19.9. The lowest BCUT2D eigenvalue weighted by molar-refractivity contribution is -0.134. The third-order valence-electron chi connectivity index (χ3n) is 5.97. The van der Waals surface area contributed by atoms with Crippen molar-refractivity contribution in [3.8, 4) is 5.75 Å². The van der Waals surface area contributed by atoms with Crippen LogP contribution in [0, 0.1) is 0 Å². The highest BCUT2D eigenvalue weighted by molar-refractivity contribution is 6.10. The number of carbonyl (C=O) groups excluding carboxylic acids is 3. The zero-order valence-corrected chi connectivity index (χ0v) is 17.2. The molecule has 156 valence electrons. The Morgan fingerprint density at radius 1 is 1.13 bits per heavy atom. The number of imide groups is 1. The van der Waals surface area contributed by atoms with Crippen molar-refractivity contribution in [2.45, 2.75) is 38.1 Å². The first-order valence-corrected chi connectivity index (χ1v) is 10.2. The van der Waals surface area contributed by atoms with E-state index >= 15 is 0 Å². The summed E-state index contributed by atoms with van der Waals surface area (Å²) in [6.45, 7) is 1.50. The summed E-state index contributed by atoms with van der Waals surface area (Å²) in [5.41, 5.74) is 2.72. The molecule has 2 aromatic rings. The molecule has 1 fully saturated rings. The predicted octanol–water partition coefficient (Wildman–Crippen LogP) is 2.98. The van der Waals surface area contributed by atoms with Gasteiger partial charge in [0.25, 0.3) is 5.91 Å². The van der Waals surface area contributed by atoms with E-state index in [-0.39, 0.29) is 6.54 Å². The Morgan fingerprint density at radius 2 is 1.87 bits per heavy atom. The van der Waals surface area contributed by atoms with Gasteiger partial charge < -0.3 is 15.4 Å². The Labute approximate surface area is 175 Å². The van der Waals surface area contributed by atoms with E-state index < -0.39 is 23.4 Å². The first-order chi connectivity index (χ1) is 14.5. The Kier molecular flexibility index (Phi) is 5.20. The molecule has 7 heteroatoms. The van der Waals surface area contributed by atoms with Gasteiger partial charge in [0.2, 0.25) is 5.91 Å². The molecule has 1 aliphatic heterocycles. The van der Waals surface area contributed by atoms with Gasteiger partial charge in [-0.05, 0) is 66.6 Å². The number of nitrogens with one attached hydrogen (secondary N) is 2. The maximum absolute atomic E-state index is 13.2. The van der Waals surface area contributed by atoms with Crippen LogP contribution in [0.2, 0.25) is 0 Å². The van der Waals surface area contributed by atoms with Crippen LogP contribution in [-0.4, -0.2) is 36.4 Å². The lowest BCUT2D eigenvalue weighted by atomic mass is 9.87. The maximum Gasteiger partial charge on any atom is 0.325 e. The third-order valence-corrected chi connectivity index (χ3v) is 5.97. The summed E-state index contributed by atoms with van der Waals surface area (Å²) in [5.74, 6) is -0.172. The van der Waals surface area contributed by atoms with Gasteiger partial charge in [-0.2, -0.15) is 0 Å². The molecule has 0 saturated carbocycles. The van der Waals surface area contributed by atoms with Crippen molar-refractivity contribution in [2.75, 3.05) is 19.0 Å². The molecule has 1 saturated heterocycles. The van der Waals surface area contributed by atoms with Gasteiger partial charge in [-0.3, -0.25) is 14.5 Å². The fourth-order valence-corrected chi connectivity index (χ4v) is 4.28. The largest absolute Gasteiger partial charge is 0.497 e. The van der Waals surface area contributed by atoms with E-state index in [1.807, 2.05) is 25.1 Å². The van der Waals surface area contributed by atoms with E-state index in [1.54, 1.807) is 31.4 Å². The van der Waals surface area contributed by atoms with Crippen LogP contribution in [0.4, 0.5) is 10.5 Å². The fraction of sp³-hybridized carbons (Fsp3) is 0.348. The molecular weight excluding hydrogens is 382 g/mol. The number of nitrogens with zero attached hydrogens (tertiary/aromatic N) is 1. The minimum absolute atomic E-state index is 0.334. The zero-order chi connectivity index (χ0) is 21.3. The van der Waals surface area contributed by atoms with Crippen molar-refractivity contribution in [1.29, 1.82) is 0 Å². The number of benzene rings is 2. The topological polar surface area (TPSA) is 87.7 Å². The van der Waals surface area contributed by atoms with E-state index in [0.29, 0.717) is 23.4 Å². The average Bonchev–Trinajstić information content (AvgIpc) is 3.31. The van der Waals surface area contributed by atoms with Gasteiger partial charge in [-0.25, -0.2) is 4.79 Å². The summed E-state index contributed by atoms with van der Waals surface area (Å²) in [6.07, 6.45) is 3.57. The van der Waals surface area contributed by atoms with Gasteiger partial charge in [0.15, 0.2) is 0 Å². The molecule has 0 unspecified atom stereocenters. The van der Waals surface area contributed by atoms with Crippen LogP contribution in [0.15, 0.2) is 42.5 Å². The Bertz CT molecular complexity index is 1000. The van der Waals surface area contributed by atoms with E-state index in [9.17, 15) is 14.4 Å². The van der Waals surface area contributed by atoms with Crippen molar-refractivity contribution in [1.82, 2.24) is 10.2 Å². The molecule has 1 atom stereocenters. The summed E-state index contributed by atoms with van der Waals surface area (Å²) >= 11 is 0. The highest BCUT2D eigenvalue weighted by Gasteiger charge is 2.51. The number of hydrogen-bond donors (Lipinski definition) is 2. The number of fused-ring (bicyclic) bond motifs is 1. The molecule has 4 amide bonds. The van der Waals surface area contributed by atoms with Crippen LogP contribution >= 0.6 is 0 Å². The molecule has 0 aromatic heterocycles. The van der Waals surface area contributed by atoms with Crippen LogP contribution in [0.25, 0.3) is 0 Å². The highest BCUT2D eigenvalue weighted by Crippen LogP contribution is 2.33. The molecule has 0 spiro atoms. The number of urea groups is 1. The monoisotopic (exact) mass is 407 g/mol. The van der Waals surface area contributed by atoms with Crippen LogP contribution in [-0.2, 0) is 28.0 Å². The summed E-state index contributed by atoms with van der Waals surface area (Å²) in [7, 11) is 1.56. The number of methoxy groups -OCH3 is 1. The SMILES string of the molecule is CC[C@]1(c2ccc(OC)cc2)NC(=O)N(CC(=O)Nc2ccc3c(c2)CCC3)C1=O. The fourth-order valence-electron chi connectivity index (χ4n) is 4.28. The van der Waals surface area contributed by atoms with Gasteiger partial charge in [0, 0.05) is 5.69 Å². The second-order valence-corrected chi connectivity index (χ2v) is 7.69. The minimum atomic E-state index is -1.18. The summed E-state index contributed by atoms with van der Waals surface area (Å²) in [4.78, 5) is 39.3. The van der Waals surface area contributed by atoms with Gasteiger partial charge in [-0.15, -0.1) is 0 Å². The highest BCUT2D eigenvalue weighted by atomic mass is 16.5. The molecule has 0 radical (unpaired) electrons. The van der Waals surface area contributed by atoms with Gasteiger partial charge in [0.1, 0.15) is 17.8 Å². The molecule has 7 nitrogen and oxygen atoms in total. The van der Waals surface area contributed by atoms with Crippen molar-refractivity contribution in [3.63, 3.8) is 0 Å². The van der Waals surface area contributed by atoms with Crippen molar-refractivity contribution in [3.05, 3.63) is 59.2 Å². The quantitative estimate of drug-likeness (QED) is 0.721. The number of aryl methyl sites for hydroxylation is 2. The van der Waals surface area contributed by atoms with Crippen LogP contribution in [0.1, 0.15) is 36.5 Å². The molecule has 1 aliphatic carbocycles. The number of amides is 4. The second kappa shape index (κ2) is 7.82. The lowest BCUT2D eigenvalue weighted by Gasteiger charge is -2.26. The normalized spacial score (nSPS) is 20.1. The molecule has 2 aliphatic rings. The molecule has 2 aromatic carbocycles. The van der Waals surface area contributed by atoms with E-state index in [0.717, 1.165) is 24.2 Å². The van der Waals surface area contributed by atoms with Crippen molar-refractivity contribution < 1.29 is 19.1 Å². The van der Waals surface area contributed by atoms with E-state index in [2.05, 4.69) is 10.6 Å². The number of rotatable bonds is 6. The maximum atomic E-state index is 13.2. The number of anilines is 1. The van der Waals surface area contributed by atoms with Crippen LogP contribution < -0.4 is 15.4 Å². The van der Waals surface area contributed by atoms with Crippen LogP contribution in [0.3, 0.4) is 0 Å². The van der Waals surface area contributed by atoms with Crippen LogP contribution in [0.5, 0.6) is 5.75 Å². The molecule has 4 rings (SSSR count). The van der Waals surface area contributed by atoms with Crippen molar-refractivity contribution >= 4 is 23.5 Å². The van der Waals surface area contributed by atoms with E-state index in [1.165, 1.54) is 11.1 Å². The third kappa shape index (κ3) is 3.40. The Balaban J connectivity index is 1.49. The molecule has 0 bridgehead atoms. The smallest absolute Gasteiger partial charge is 0.325 e. The number of hydrogen-bond acceptors (Lipinski definition) is 4. The Hall–Kier alpha value is -3.35. The number of ether oxygens (including phenoxy) is 1. The predicted molar refractivity (Wildman–Crippen MR) is 112 cm³/mol. The van der Waals surface area contributed by atoms with E-state index in [4.69, 9.17) is 4.74 Å². The molecule has 2 N–H and O–H groups in total. The van der Waals surface area contributed by atoms with Crippen molar-refractivity contribution in [2.24, 2.45) is 0 Å². The number of carbonyl (C=O) groups is 3. The standard InChI is InChI=1S/C23H25N3O4/c1-3-23(17-8-11-19(30-2)12-9-17)21(28)26(22(29)25-23)14-20(27)24-18-10-7-15-5-4-6-16(15)13-18/h7-13H,3-6,14H2,1-2H3,(H,24,27)(H,25,29)/t23-/m1/s1. The van der Waals surface area contributed by atoms with Gasteiger partial charge >= 0.3 is 6.03 Å². The molecule has 30 heavy (non-hydrogen) atoms. The zero-order valence-electron chi connectivity index (χ0n) is 17.2. The lowest BCUT2D eigenvalue weighted by Crippen LogP contribution is -2.44. The molecule has 1 heterocycles. The minimum Gasteiger partial charge on any atom is -0.497 e. The summed E-state index contributed by atoms with van der Waals surface area (Å²) < 4.78 is 5.17. The summed E-state index contributed by atoms with van der Waals surface area (Å²) in [6, 6.07) is 12.3.